The lowest BCUT2D eigenvalue weighted by Crippen LogP contribution is -1.95. The number of carboxylic acid groups (broad SMARTS) is 1. The number of halogens is 1. The molecule has 72 valence electrons. The SMILES string of the molecule is CC(=O)O.NCc1ccccc1Cl. The van der Waals surface area contributed by atoms with E-state index in [1.165, 1.54) is 0 Å². The number of rotatable bonds is 1. The van der Waals surface area contributed by atoms with Gasteiger partial charge in [0.1, 0.15) is 0 Å². The Labute approximate surface area is 82.1 Å². The van der Waals surface area contributed by atoms with Crippen molar-refractivity contribution in [2.75, 3.05) is 0 Å². The number of carboxylic acids is 1. The van der Waals surface area contributed by atoms with E-state index in [0.717, 1.165) is 17.5 Å². The Balaban J connectivity index is 0.000000310. The van der Waals surface area contributed by atoms with Gasteiger partial charge in [0.05, 0.1) is 0 Å². The van der Waals surface area contributed by atoms with Gasteiger partial charge in [-0.05, 0) is 11.6 Å². The van der Waals surface area contributed by atoms with Crippen LogP contribution in [-0.4, -0.2) is 11.1 Å². The third-order valence-electron chi connectivity index (χ3n) is 1.18. The molecule has 0 aliphatic heterocycles. The van der Waals surface area contributed by atoms with Crippen LogP contribution < -0.4 is 5.73 Å². The molecule has 4 heteroatoms. The van der Waals surface area contributed by atoms with E-state index in [0.29, 0.717) is 6.54 Å². The van der Waals surface area contributed by atoms with Gasteiger partial charge in [0.15, 0.2) is 0 Å². The van der Waals surface area contributed by atoms with Crippen LogP contribution in [0.25, 0.3) is 0 Å². The molecule has 0 spiro atoms. The Morgan fingerprint density at radius 3 is 2.31 bits per heavy atom. The first-order valence-electron chi connectivity index (χ1n) is 3.71. The lowest BCUT2D eigenvalue weighted by molar-refractivity contribution is -0.134. The molecule has 0 saturated carbocycles. The summed E-state index contributed by atoms with van der Waals surface area (Å²) in [6.45, 7) is 1.60. The molecule has 0 aromatic heterocycles. The standard InChI is InChI=1S/C7H8ClN.C2H4O2/c8-7-4-2-1-3-6(7)5-9;1-2(3)4/h1-4H,5,9H2;1H3,(H,3,4). The second kappa shape index (κ2) is 6.46. The molecule has 0 aliphatic carbocycles. The third kappa shape index (κ3) is 6.13. The molecule has 1 rings (SSSR count). The van der Waals surface area contributed by atoms with Gasteiger partial charge >= 0.3 is 0 Å². The fraction of sp³-hybridized carbons (Fsp3) is 0.222. The van der Waals surface area contributed by atoms with Crippen LogP contribution in [0.3, 0.4) is 0 Å². The fourth-order valence-electron chi connectivity index (χ4n) is 0.664. The highest BCUT2D eigenvalue weighted by atomic mass is 35.5. The van der Waals surface area contributed by atoms with Crippen LogP contribution in [0.4, 0.5) is 0 Å². The number of carbonyl (C=O) groups is 1. The molecule has 0 unspecified atom stereocenters. The zero-order chi connectivity index (χ0) is 10.3. The van der Waals surface area contributed by atoms with E-state index in [9.17, 15) is 0 Å². The highest BCUT2D eigenvalue weighted by Crippen LogP contribution is 2.12. The van der Waals surface area contributed by atoms with Crippen LogP contribution >= 0.6 is 11.6 Å². The van der Waals surface area contributed by atoms with Gasteiger partial charge in [-0.3, -0.25) is 4.79 Å². The molecule has 1 aromatic carbocycles. The summed E-state index contributed by atoms with van der Waals surface area (Å²) in [5, 5.41) is 8.17. The third-order valence-corrected chi connectivity index (χ3v) is 1.55. The topological polar surface area (TPSA) is 63.3 Å². The van der Waals surface area contributed by atoms with Gasteiger partial charge in [-0.15, -0.1) is 0 Å². The Hall–Kier alpha value is -1.06. The minimum Gasteiger partial charge on any atom is -0.481 e. The van der Waals surface area contributed by atoms with Crippen molar-refractivity contribution in [3.05, 3.63) is 34.9 Å². The predicted octanol–water partition coefficient (Wildman–Crippen LogP) is 1.89. The summed E-state index contributed by atoms with van der Waals surface area (Å²) < 4.78 is 0. The molecule has 0 radical (unpaired) electrons. The van der Waals surface area contributed by atoms with Crippen molar-refractivity contribution in [1.82, 2.24) is 0 Å². The number of nitrogens with two attached hydrogens (primary N) is 1. The van der Waals surface area contributed by atoms with Crippen molar-refractivity contribution < 1.29 is 9.90 Å². The summed E-state index contributed by atoms with van der Waals surface area (Å²) in [5.41, 5.74) is 6.37. The summed E-state index contributed by atoms with van der Waals surface area (Å²) in [4.78, 5) is 9.00. The molecule has 1 aromatic rings. The van der Waals surface area contributed by atoms with Gasteiger partial charge in [-0.25, -0.2) is 0 Å². The molecular weight excluding hydrogens is 190 g/mol. The molecule has 0 amide bonds. The second-order valence-electron chi connectivity index (χ2n) is 2.31. The Kier molecular flexibility index (Phi) is 5.93. The van der Waals surface area contributed by atoms with Crippen molar-refractivity contribution in [3.63, 3.8) is 0 Å². The summed E-state index contributed by atoms with van der Waals surface area (Å²) in [7, 11) is 0. The summed E-state index contributed by atoms with van der Waals surface area (Å²) in [6.07, 6.45) is 0. The average molecular weight is 202 g/mol. The molecule has 0 aliphatic rings. The first-order chi connectivity index (χ1) is 6.07. The maximum absolute atomic E-state index is 9.00. The van der Waals surface area contributed by atoms with E-state index in [-0.39, 0.29) is 0 Å². The first-order valence-corrected chi connectivity index (χ1v) is 4.08. The van der Waals surface area contributed by atoms with E-state index in [1.807, 2.05) is 24.3 Å². The van der Waals surface area contributed by atoms with E-state index in [4.69, 9.17) is 27.2 Å². The molecule has 3 nitrogen and oxygen atoms in total. The summed E-state index contributed by atoms with van der Waals surface area (Å²) >= 11 is 5.74. The normalized spacial score (nSPS) is 8.54. The smallest absolute Gasteiger partial charge is 0.300 e. The lowest BCUT2D eigenvalue weighted by atomic mass is 10.2. The van der Waals surface area contributed by atoms with Crippen molar-refractivity contribution >= 4 is 17.6 Å². The van der Waals surface area contributed by atoms with Crippen molar-refractivity contribution in [2.45, 2.75) is 13.5 Å². The van der Waals surface area contributed by atoms with Gasteiger partial charge in [0.2, 0.25) is 0 Å². The van der Waals surface area contributed by atoms with Crippen LogP contribution in [-0.2, 0) is 11.3 Å². The highest BCUT2D eigenvalue weighted by molar-refractivity contribution is 6.31. The Bertz CT molecular complexity index is 272. The molecule has 0 bridgehead atoms. The number of aliphatic carboxylic acids is 1. The lowest BCUT2D eigenvalue weighted by Gasteiger charge is -1.96. The molecule has 3 N–H and O–H groups in total. The van der Waals surface area contributed by atoms with Gasteiger partial charge in [0.25, 0.3) is 5.97 Å². The van der Waals surface area contributed by atoms with E-state index < -0.39 is 5.97 Å². The van der Waals surface area contributed by atoms with E-state index in [1.54, 1.807) is 0 Å². The van der Waals surface area contributed by atoms with Crippen molar-refractivity contribution in [3.8, 4) is 0 Å². The zero-order valence-corrected chi connectivity index (χ0v) is 8.08. The summed E-state index contributed by atoms with van der Waals surface area (Å²) in [5.74, 6) is -0.833. The van der Waals surface area contributed by atoms with Gasteiger partial charge in [-0.2, -0.15) is 0 Å². The van der Waals surface area contributed by atoms with Crippen LogP contribution in [0.15, 0.2) is 24.3 Å². The van der Waals surface area contributed by atoms with Gasteiger partial charge < -0.3 is 10.8 Å². The molecule has 0 fully saturated rings. The van der Waals surface area contributed by atoms with Gasteiger partial charge in [0, 0.05) is 18.5 Å². The summed E-state index contributed by atoms with van der Waals surface area (Å²) in [6, 6.07) is 7.57. The second-order valence-corrected chi connectivity index (χ2v) is 2.72. The molecule has 0 heterocycles. The first kappa shape index (κ1) is 11.9. The minimum absolute atomic E-state index is 0.514. The number of hydrogen-bond donors (Lipinski definition) is 2. The maximum Gasteiger partial charge on any atom is 0.300 e. The van der Waals surface area contributed by atoms with E-state index >= 15 is 0 Å². The monoisotopic (exact) mass is 201 g/mol. The van der Waals surface area contributed by atoms with Crippen LogP contribution in [0.1, 0.15) is 12.5 Å². The van der Waals surface area contributed by atoms with E-state index in [2.05, 4.69) is 0 Å². The fourth-order valence-corrected chi connectivity index (χ4v) is 0.877. The molecule has 0 saturated heterocycles. The maximum atomic E-state index is 9.00. The average Bonchev–Trinajstić information content (AvgIpc) is 2.04. The molecule has 13 heavy (non-hydrogen) atoms. The Morgan fingerprint density at radius 1 is 1.54 bits per heavy atom. The quantitative estimate of drug-likeness (QED) is 0.730. The highest BCUT2D eigenvalue weighted by Gasteiger charge is 1.92. The predicted molar refractivity (Wildman–Crippen MR) is 52.7 cm³/mol. The van der Waals surface area contributed by atoms with Crippen molar-refractivity contribution in [2.24, 2.45) is 5.73 Å². The minimum atomic E-state index is -0.833. The van der Waals surface area contributed by atoms with Crippen molar-refractivity contribution in [1.29, 1.82) is 0 Å². The number of hydrogen-bond acceptors (Lipinski definition) is 2. The Morgan fingerprint density at radius 2 is 2.00 bits per heavy atom. The zero-order valence-electron chi connectivity index (χ0n) is 7.33. The van der Waals surface area contributed by atoms with Gasteiger partial charge in [-0.1, -0.05) is 29.8 Å². The van der Waals surface area contributed by atoms with Crippen LogP contribution in [0.2, 0.25) is 5.02 Å². The van der Waals surface area contributed by atoms with Crippen LogP contribution in [0, 0.1) is 0 Å². The van der Waals surface area contributed by atoms with Crippen LogP contribution in [0.5, 0.6) is 0 Å². The molecule has 0 atom stereocenters. The molecular formula is C9H12ClNO2. The largest absolute Gasteiger partial charge is 0.481 e. The number of benzene rings is 1.